The Labute approximate surface area is 97.9 Å². The van der Waals surface area contributed by atoms with Gasteiger partial charge in [0.05, 0.1) is 11.4 Å². The van der Waals surface area contributed by atoms with E-state index in [1.165, 1.54) is 0 Å². The fourth-order valence-corrected chi connectivity index (χ4v) is 1.70. The number of nitrogens with zero attached hydrogens (tertiary/aromatic N) is 4. The van der Waals surface area contributed by atoms with E-state index < -0.39 is 0 Å². The predicted octanol–water partition coefficient (Wildman–Crippen LogP) is 1.68. The number of aryl methyl sites for hydroxylation is 1. The topological polar surface area (TPSA) is 69.1 Å². The lowest BCUT2D eigenvalue weighted by atomic mass is 10.3. The van der Waals surface area contributed by atoms with Crippen molar-refractivity contribution in [2.24, 2.45) is 0 Å². The van der Waals surface area contributed by atoms with E-state index in [9.17, 15) is 0 Å². The van der Waals surface area contributed by atoms with Gasteiger partial charge in [0.15, 0.2) is 11.5 Å². The Hall–Kier alpha value is -2.43. The van der Waals surface area contributed by atoms with E-state index >= 15 is 0 Å². The Kier molecular flexibility index (Phi) is 2.04. The molecule has 0 aromatic carbocycles. The van der Waals surface area contributed by atoms with Crippen LogP contribution in [0.5, 0.6) is 0 Å². The van der Waals surface area contributed by atoms with Crippen LogP contribution in [0, 0.1) is 6.92 Å². The average Bonchev–Trinajstić information content (AvgIpc) is 2.80. The maximum Gasteiger partial charge on any atom is 0.183 e. The Bertz CT molecular complexity index is 672. The molecule has 0 fully saturated rings. The smallest absolute Gasteiger partial charge is 0.183 e. The molecule has 5 heteroatoms. The van der Waals surface area contributed by atoms with Gasteiger partial charge in [-0.1, -0.05) is 0 Å². The van der Waals surface area contributed by atoms with Crippen LogP contribution in [0.2, 0.25) is 0 Å². The van der Waals surface area contributed by atoms with E-state index in [2.05, 4.69) is 15.1 Å². The molecule has 3 rings (SSSR count). The van der Waals surface area contributed by atoms with Crippen molar-refractivity contribution in [1.82, 2.24) is 19.6 Å². The average molecular weight is 225 g/mol. The first-order valence-electron chi connectivity index (χ1n) is 5.28. The zero-order valence-electron chi connectivity index (χ0n) is 9.33. The van der Waals surface area contributed by atoms with Crippen molar-refractivity contribution in [2.75, 3.05) is 5.73 Å². The monoisotopic (exact) mass is 225 g/mol. The van der Waals surface area contributed by atoms with Gasteiger partial charge in [-0.25, -0.2) is 9.50 Å². The minimum Gasteiger partial charge on any atom is -0.397 e. The van der Waals surface area contributed by atoms with Gasteiger partial charge in [0.1, 0.15) is 0 Å². The molecule has 3 aromatic rings. The number of fused-ring (bicyclic) bond motifs is 1. The van der Waals surface area contributed by atoms with Crippen molar-refractivity contribution in [1.29, 1.82) is 0 Å². The normalized spacial score (nSPS) is 10.9. The summed E-state index contributed by atoms with van der Waals surface area (Å²) >= 11 is 0. The molecule has 0 aliphatic heterocycles. The van der Waals surface area contributed by atoms with Crippen LogP contribution in [0.15, 0.2) is 36.7 Å². The Balaban J connectivity index is 2.24. The molecule has 0 saturated carbocycles. The molecule has 0 aliphatic carbocycles. The molecular formula is C12H11N5. The van der Waals surface area contributed by atoms with Crippen molar-refractivity contribution in [3.05, 3.63) is 42.4 Å². The SMILES string of the molecule is Cc1c(N)ccc2nc(-c3cccnc3)nn12. The number of hydrogen-bond donors (Lipinski definition) is 1. The van der Waals surface area contributed by atoms with E-state index in [-0.39, 0.29) is 0 Å². The van der Waals surface area contributed by atoms with E-state index in [4.69, 9.17) is 5.73 Å². The molecule has 3 aromatic heterocycles. The highest BCUT2D eigenvalue weighted by atomic mass is 15.3. The number of nitrogens with two attached hydrogens (primary N) is 1. The first-order valence-corrected chi connectivity index (χ1v) is 5.28. The fraction of sp³-hybridized carbons (Fsp3) is 0.0833. The van der Waals surface area contributed by atoms with Crippen LogP contribution in [0.3, 0.4) is 0 Å². The summed E-state index contributed by atoms with van der Waals surface area (Å²) < 4.78 is 1.75. The number of rotatable bonds is 1. The van der Waals surface area contributed by atoms with Crippen LogP contribution in [0.1, 0.15) is 5.69 Å². The summed E-state index contributed by atoms with van der Waals surface area (Å²) in [5, 5.41) is 4.43. The maximum atomic E-state index is 5.83. The third kappa shape index (κ3) is 1.52. The summed E-state index contributed by atoms with van der Waals surface area (Å²) in [4.78, 5) is 8.50. The molecule has 0 saturated heterocycles. The van der Waals surface area contributed by atoms with Crippen molar-refractivity contribution in [3.63, 3.8) is 0 Å². The Morgan fingerprint density at radius 3 is 2.88 bits per heavy atom. The number of anilines is 1. The molecule has 84 valence electrons. The van der Waals surface area contributed by atoms with Crippen LogP contribution in [0.25, 0.3) is 17.0 Å². The van der Waals surface area contributed by atoms with Crippen molar-refractivity contribution in [2.45, 2.75) is 6.92 Å². The summed E-state index contributed by atoms with van der Waals surface area (Å²) in [5.41, 5.74) is 9.12. The molecule has 0 unspecified atom stereocenters. The maximum absolute atomic E-state index is 5.83. The number of nitrogen functional groups attached to an aromatic ring is 1. The van der Waals surface area contributed by atoms with Gasteiger partial charge in [-0.2, -0.15) is 0 Å². The van der Waals surface area contributed by atoms with Crippen LogP contribution in [0.4, 0.5) is 5.69 Å². The van der Waals surface area contributed by atoms with Crippen molar-refractivity contribution >= 4 is 11.3 Å². The van der Waals surface area contributed by atoms with Gasteiger partial charge in [-0.15, -0.1) is 5.10 Å². The second-order valence-corrected chi connectivity index (χ2v) is 3.82. The van der Waals surface area contributed by atoms with Gasteiger partial charge in [-0.05, 0) is 31.2 Å². The van der Waals surface area contributed by atoms with E-state index in [1.54, 1.807) is 16.9 Å². The second kappa shape index (κ2) is 3.55. The van der Waals surface area contributed by atoms with E-state index in [0.717, 1.165) is 16.9 Å². The second-order valence-electron chi connectivity index (χ2n) is 3.82. The van der Waals surface area contributed by atoms with Crippen molar-refractivity contribution < 1.29 is 0 Å². The van der Waals surface area contributed by atoms with Gasteiger partial charge in [0.2, 0.25) is 0 Å². The van der Waals surface area contributed by atoms with Gasteiger partial charge >= 0.3 is 0 Å². The molecule has 0 aliphatic rings. The minimum atomic E-state index is 0.659. The zero-order valence-corrected chi connectivity index (χ0v) is 9.33. The van der Waals surface area contributed by atoms with Gasteiger partial charge in [0.25, 0.3) is 0 Å². The minimum absolute atomic E-state index is 0.659. The van der Waals surface area contributed by atoms with Crippen LogP contribution < -0.4 is 5.73 Å². The first kappa shape index (κ1) is 9.77. The van der Waals surface area contributed by atoms with Crippen LogP contribution in [-0.2, 0) is 0 Å². The predicted molar refractivity (Wildman–Crippen MR) is 65.4 cm³/mol. The lowest BCUT2D eigenvalue weighted by Gasteiger charge is -2.00. The molecule has 0 atom stereocenters. The molecule has 17 heavy (non-hydrogen) atoms. The lowest BCUT2D eigenvalue weighted by Crippen LogP contribution is -1.98. The Morgan fingerprint density at radius 2 is 2.12 bits per heavy atom. The zero-order chi connectivity index (χ0) is 11.8. The summed E-state index contributed by atoms with van der Waals surface area (Å²) in [6.45, 7) is 1.92. The number of pyridine rings is 2. The van der Waals surface area contributed by atoms with Crippen molar-refractivity contribution in [3.8, 4) is 11.4 Å². The summed E-state index contributed by atoms with van der Waals surface area (Å²) in [6, 6.07) is 7.49. The molecule has 0 bridgehead atoms. The molecule has 0 amide bonds. The number of aromatic nitrogens is 4. The number of hydrogen-bond acceptors (Lipinski definition) is 4. The third-order valence-electron chi connectivity index (χ3n) is 2.70. The fourth-order valence-electron chi connectivity index (χ4n) is 1.70. The van der Waals surface area contributed by atoms with E-state index in [0.29, 0.717) is 11.5 Å². The van der Waals surface area contributed by atoms with Gasteiger partial charge < -0.3 is 5.73 Å². The first-order chi connectivity index (χ1) is 8.25. The highest BCUT2D eigenvalue weighted by molar-refractivity contribution is 5.59. The molecule has 0 spiro atoms. The van der Waals surface area contributed by atoms with E-state index in [1.807, 2.05) is 31.2 Å². The van der Waals surface area contributed by atoms with Gasteiger partial charge in [-0.3, -0.25) is 4.98 Å². The quantitative estimate of drug-likeness (QED) is 0.684. The summed E-state index contributed by atoms with van der Waals surface area (Å²) in [7, 11) is 0. The van der Waals surface area contributed by atoms with Crippen LogP contribution in [-0.4, -0.2) is 19.6 Å². The van der Waals surface area contributed by atoms with Gasteiger partial charge in [0, 0.05) is 18.0 Å². The summed E-state index contributed by atoms with van der Waals surface area (Å²) in [5.74, 6) is 0.659. The molecule has 2 N–H and O–H groups in total. The highest BCUT2D eigenvalue weighted by Gasteiger charge is 2.08. The molecule has 5 nitrogen and oxygen atoms in total. The largest absolute Gasteiger partial charge is 0.397 e. The standard InChI is InChI=1S/C12H11N5/c1-8-10(13)4-5-11-15-12(16-17(8)11)9-3-2-6-14-7-9/h2-7H,13H2,1H3. The van der Waals surface area contributed by atoms with Crippen LogP contribution >= 0.6 is 0 Å². The third-order valence-corrected chi connectivity index (χ3v) is 2.70. The molecule has 0 radical (unpaired) electrons. The lowest BCUT2D eigenvalue weighted by molar-refractivity contribution is 0.921. The molecular weight excluding hydrogens is 214 g/mol. The molecule has 3 heterocycles. The highest BCUT2D eigenvalue weighted by Crippen LogP contribution is 2.18. The summed E-state index contributed by atoms with van der Waals surface area (Å²) in [6.07, 6.45) is 3.47. The Morgan fingerprint density at radius 1 is 1.24 bits per heavy atom.